The van der Waals surface area contributed by atoms with E-state index in [4.69, 9.17) is 26.5 Å². The number of anilines is 1. The molecule has 1 atom stereocenters. The predicted octanol–water partition coefficient (Wildman–Crippen LogP) is 4.13. The summed E-state index contributed by atoms with van der Waals surface area (Å²) in [6, 6.07) is 6.94. The lowest BCUT2D eigenvalue weighted by Crippen LogP contribution is -2.19. The number of halogens is 1. The van der Waals surface area contributed by atoms with Crippen molar-refractivity contribution in [2.24, 2.45) is 0 Å². The van der Waals surface area contributed by atoms with Gasteiger partial charge in [0.05, 0.1) is 15.1 Å². The summed E-state index contributed by atoms with van der Waals surface area (Å²) in [5.74, 6) is 0.0117. The van der Waals surface area contributed by atoms with Crippen molar-refractivity contribution < 1.29 is 13.9 Å². The normalized spacial score (nSPS) is 12.1. The number of ether oxygens (including phenoxy) is 1. The number of rotatable bonds is 5. The summed E-state index contributed by atoms with van der Waals surface area (Å²) >= 11 is 7.25. The summed E-state index contributed by atoms with van der Waals surface area (Å²) in [7, 11) is 0. The quantitative estimate of drug-likeness (QED) is 0.685. The lowest BCUT2D eigenvalue weighted by atomic mass is 9.98. The minimum atomic E-state index is -0.463. The van der Waals surface area contributed by atoms with E-state index in [1.165, 1.54) is 17.7 Å². The Balaban J connectivity index is 1.81. The van der Waals surface area contributed by atoms with E-state index < -0.39 is 11.9 Å². The zero-order valence-electron chi connectivity index (χ0n) is 12.7. The lowest BCUT2D eigenvalue weighted by Gasteiger charge is -2.13. The first-order valence-electron chi connectivity index (χ1n) is 7.20. The Morgan fingerprint density at radius 2 is 2.21 bits per heavy atom. The van der Waals surface area contributed by atoms with Crippen molar-refractivity contribution in [3.05, 3.63) is 46.8 Å². The third-order valence-electron chi connectivity index (χ3n) is 3.43. The molecule has 6 nitrogen and oxygen atoms in total. The maximum absolute atomic E-state index is 12.5. The van der Waals surface area contributed by atoms with Crippen LogP contribution in [0.1, 0.15) is 24.8 Å². The lowest BCUT2D eigenvalue weighted by molar-refractivity contribution is -0.136. The molecule has 3 aromatic heterocycles. The van der Waals surface area contributed by atoms with Gasteiger partial charge in [-0.2, -0.15) is 4.98 Å². The molecule has 0 radical (unpaired) electrons. The zero-order chi connectivity index (χ0) is 17.1. The predicted molar refractivity (Wildman–Crippen MR) is 92.1 cm³/mol. The van der Waals surface area contributed by atoms with Crippen molar-refractivity contribution in [1.82, 2.24) is 9.97 Å². The average molecular weight is 364 g/mol. The first-order chi connectivity index (χ1) is 11.6. The van der Waals surface area contributed by atoms with E-state index in [0.717, 1.165) is 10.4 Å². The summed E-state index contributed by atoms with van der Waals surface area (Å²) in [5.41, 5.74) is 6.32. The van der Waals surface area contributed by atoms with Crippen molar-refractivity contribution in [2.75, 3.05) is 5.73 Å². The molecule has 0 saturated heterocycles. The molecule has 0 amide bonds. The maximum atomic E-state index is 12.5. The molecule has 0 fully saturated rings. The average Bonchev–Trinajstić information content (AvgIpc) is 3.18. The molecule has 2 N–H and O–H groups in total. The number of carbonyl (C=O) groups is 1. The highest BCUT2D eigenvalue weighted by atomic mass is 35.5. The van der Waals surface area contributed by atoms with Crippen LogP contribution in [0, 0.1) is 0 Å². The fourth-order valence-corrected chi connectivity index (χ4v) is 3.26. The van der Waals surface area contributed by atoms with Gasteiger partial charge in [0.2, 0.25) is 5.76 Å². The largest absolute Gasteiger partial charge is 0.438 e. The summed E-state index contributed by atoms with van der Waals surface area (Å²) in [5, 5.41) is 0. The summed E-state index contributed by atoms with van der Waals surface area (Å²) in [6.07, 6.45) is 3.37. The Hall–Kier alpha value is -2.38. The van der Waals surface area contributed by atoms with Crippen LogP contribution in [0.2, 0.25) is 4.34 Å². The Bertz CT molecular complexity index is 844. The molecule has 0 spiro atoms. The van der Waals surface area contributed by atoms with Gasteiger partial charge in [-0.3, -0.25) is 4.79 Å². The van der Waals surface area contributed by atoms with Crippen LogP contribution >= 0.6 is 22.9 Å². The fraction of sp³-hybridized carbons (Fsp3) is 0.188. The Morgan fingerprint density at radius 3 is 2.83 bits per heavy atom. The van der Waals surface area contributed by atoms with Crippen molar-refractivity contribution in [2.45, 2.75) is 19.3 Å². The number of aromatic nitrogens is 2. The topological polar surface area (TPSA) is 91.2 Å². The molecule has 3 rings (SSSR count). The molecular formula is C16H14ClN3O3S. The van der Waals surface area contributed by atoms with Crippen molar-refractivity contribution in [3.8, 4) is 16.5 Å². The second-order valence-electron chi connectivity index (χ2n) is 4.99. The van der Waals surface area contributed by atoms with E-state index in [2.05, 4.69) is 9.97 Å². The summed E-state index contributed by atoms with van der Waals surface area (Å²) in [6.45, 7) is 1.89. The second-order valence-corrected chi connectivity index (χ2v) is 6.70. The van der Waals surface area contributed by atoms with Crippen molar-refractivity contribution in [1.29, 1.82) is 0 Å². The summed E-state index contributed by atoms with van der Waals surface area (Å²) < 4.78 is 11.4. The molecule has 8 heteroatoms. The minimum absolute atomic E-state index is 0.125. The summed E-state index contributed by atoms with van der Waals surface area (Å²) in [4.78, 5) is 21.3. The van der Waals surface area contributed by atoms with Gasteiger partial charge in [0.15, 0.2) is 6.39 Å². The van der Waals surface area contributed by atoms with E-state index >= 15 is 0 Å². The fourth-order valence-electron chi connectivity index (χ4n) is 2.24. The van der Waals surface area contributed by atoms with E-state index in [1.807, 2.05) is 6.92 Å². The van der Waals surface area contributed by atoms with Crippen LogP contribution in [0.25, 0.3) is 10.6 Å². The first-order valence-corrected chi connectivity index (χ1v) is 8.40. The molecule has 0 bridgehead atoms. The number of nitrogen functional groups attached to an aromatic ring is 1. The van der Waals surface area contributed by atoms with E-state index in [-0.39, 0.29) is 5.88 Å². The standard InChI is InChI=1S/C16H14ClN3O3S/c1-2-10(9-3-6-13(18)19-7-9)16(21)23-15-14(22-8-20-15)11-4-5-12(17)24-11/h3-8,10H,2H2,1H3,(H2,18,19). The van der Waals surface area contributed by atoms with Crippen LogP contribution in [-0.4, -0.2) is 15.9 Å². The Labute approximate surface area is 147 Å². The van der Waals surface area contributed by atoms with Crippen LogP contribution in [0.5, 0.6) is 5.88 Å². The molecule has 124 valence electrons. The van der Waals surface area contributed by atoms with Gasteiger partial charge in [-0.15, -0.1) is 11.3 Å². The number of nitrogens with two attached hydrogens (primary N) is 1. The van der Waals surface area contributed by atoms with Gasteiger partial charge >= 0.3 is 5.97 Å². The van der Waals surface area contributed by atoms with Crippen LogP contribution in [0.3, 0.4) is 0 Å². The number of hydrogen-bond acceptors (Lipinski definition) is 7. The van der Waals surface area contributed by atoms with Crippen molar-refractivity contribution >= 4 is 34.7 Å². The highest BCUT2D eigenvalue weighted by molar-refractivity contribution is 7.19. The number of thiophene rings is 1. The van der Waals surface area contributed by atoms with Gasteiger partial charge < -0.3 is 14.9 Å². The van der Waals surface area contributed by atoms with Crippen molar-refractivity contribution in [3.63, 3.8) is 0 Å². The Morgan fingerprint density at radius 1 is 1.38 bits per heavy atom. The number of carbonyl (C=O) groups excluding carboxylic acids is 1. The minimum Gasteiger partial charge on any atom is -0.438 e. The number of esters is 1. The number of nitrogens with zero attached hydrogens (tertiary/aromatic N) is 2. The van der Waals surface area contributed by atoms with E-state index in [1.54, 1.807) is 30.5 Å². The molecule has 0 aliphatic rings. The molecule has 0 aliphatic heterocycles. The van der Waals surface area contributed by atoms with Gasteiger partial charge in [0.25, 0.3) is 5.88 Å². The molecule has 3 aromatic rings. The zero-order valence-corrected chi connectivity index (χ0v) is 14.3. The second kappa shape index (κ2) is 7.02. The molecular weight excluding hydrogens is 350 g/mol. The van der Waals surface area contributed by atoms with Crippen LogP contribution < -0.4 is 10.5 Å². The highest BCUT2D eigenvalue weighted by Gasteiger charge is 2.25. The molecule has 3 heterocycles. The van der Waals surface area contributed by atoms with Gasteiger partial charge in [0, 0.05) is 6.20 Å². The van der Waals surface area contributed by atoms with Crippen LogP contribution in [0.4, 0.5) is 5.82 Å². The maximum Gasteiger partial charge on any atom is 0.320 e. The third-order valence-corrected chi connectivity index (χ3v) is 4.66. The molecule has 0 saturated carbocycles. The number of hydrogen-bond donors (Lipinski definition) is 1. The monoisotopic (exact) mass is 363 g/mol. The van der Waals surface area contributed by atoms with Crippen LogP contribution in [0.15, 0.2) is 41.3 Å². The SMILES string of the molecule is CCC(C(=O)Oc1ncoc1-c1ccc(Cl)s1)c1ccc(N)nc1. The number of pyridine rings is 1. The molecule has 24 heavy (non-hydrogen) atoms. The number of oxazole rings is 1. The third kappa shape index (κ3) is 3.42. The highest BCUT2D eigenvalue weighted by Crippen LogP contribution is 2.36. The van der Waals surface area contributed by atoms with Gasteiger partial charge in [-0.25, -0.2) is 4.98 Å². The molecule has 0 aromatic carbocycles. The van der Waals surface area contributed by atoms with E-state index in [9.17, 15) is 4.79 Å². The van der Waals surface area contributed by atoms with Gasteiger partial charge in [-0.05, 0) is 30.2 Å². The molecule has 1 unspecified atom stereocenters. The Kier molecular flexibility index (Phi) is 4.82. The van der Waals surface area contributed by atoms with Gasteiger partial charge in [-0.1, -0.05) is 24.6 Å². The van der Waals surface area contributed by atoms with E-state index in [0.29, 0.717) is 22.3 Å². The van der Waals surface area contributed by atoms with Crippen LogP contribution in [-0.2, 0) is 4.79 Å². The smallest absolute Gasteiger partial charge is 0.320 e. The molecule has 0 aliphatic carbocycles. The van der Waals surface area contributed by atoms with Gasteiger partial charge in [0.1, 0.15) is 5.82 Å². The first kappa shape index (κ1) is 16.5.